The van der Waals surface area contributed by atoms with E-state index in [1.54, 1.807) is 0 Å². The molecule has 0 amide bonds. The van der Waals surface area contributed by atoms with Gasteiger partial charge in [0.05, 0.1) is 0 Å². The van der Waals surface area contributed by atoms with Crippen molar-refractivity contribution in [3.05, 3.63) is 0 Å². The van der Waals surface area contributed by atoms with Gasteiger partial charge in [-0.25, -0.2) is 0 Å². The van der Waals surface area contributed by atoms with Gasteiger partial charge in [0.25, 0.3) is 0 Å². The summed E-state index contributed by atoms with van der Waals surface area (Å²) < 4.78 is 0. The first-order valence-corrected chi connectivity index (χ1v) is 8.10. The number of hydrogen-bond donors (Lipinski definition) is 3. The predicted octanol–water partition coefficient (Wildman–Crippen LogP) is 3.34. The number of rotatable bonds is 7. The van der Waals surface area contributed by atoms with Crippen molar-refractivity contribution in [2.45, 2.75) is 72.3 Å². The molecule has 1 saturated carbocycles. The number of amidine groups is 1. The van der Waals surface area contributed by atoms with E-state index in [0.29, 0.717) is 11.9 Å². The molecule has 0 bridgehead atoms. The van der Waals surface area contributed by atoms with E-state index in [1.165, 1.54) is 19.3 Å². The van der Waals surface area contributed by atoms with Gasteiger partial charge in [0, 0.05) is 11.5 Å². The number of nitrogens with zero attached hydrogens (tertiary/aromatic N) is 1. The first kappa shape index (κ1) is 17.3. The molecular formula is C16H33N3O. The summed E-state index contributed by atoms with van der Waals surface area (Å²) in [7, 11) is 0. The lowest BCUT2D eigenvalue weighted by Crippen LogP contribution is -2.41. The van der Waals surface area contributed by atoms with Gasteiger partial charge in [-0.2, -0.15) is 0 Å². The van der Waals surface area contributed by atoms with Crippen molar-refractivity contribution in [2.24, 2.45) is 28.1 Å². The number of unbranched alkanes of at least 4 members (excludes halogenated alkanes) is 1. The molecule has 1 aliphatic rings. The molecule has 4 N–H and O–H groups in total. The third-order valence-electron chi connectivity index (χ3n) is 5.14. The monoisotopic (exact) mass is 283 g/mol. The van der Waals surface area contributed by atoms with E-state index in [1.807, 2.05) is 13.8 Å². The molecule has 0 radical (unpaired) electrons. The molecule has 0 aromatic rings. The van der Waals surface area contributed by atoms with E-state index in [9.17, 15) is 0 Å². The summed E-state index contributed by atoms with van der Waals surface area (Å²) in [6, 6.07) is 0.691. The molecule has 1 fully saturated rings. The average molecular weight is 283 g/mol. The molecular weight excluding hydrogens is 250 g/mol. The van der Waals surface area contributed by atoms with Crippen LogP contribution < -0.4 is 11.1 Å². The van der Waals surface area contributed by atoms with Crippen LogP contribution in [0.25, 0.3) is 0 Å². The van der Waals surface area contributed by atoms with E-state index >= 15 is 0 Å². The minimum atomic E-state index is -0.207. The van der Waals surface area contributed by atoms with Crippen molar-refractivity contribution in [3.8, 4) is 0 Å². The molecule has 0 saturated heterocycles. The highest BCUT2D eigenvalue weighted by Crippen LogP contribution is 2.29. The Morgan fingerprint density at radius 2 is 2.00 bits per heavy atom. The smallest absolute Gasteiger partial charge is 0.144 e. The minimum Gasteiger partial charge on any atom is -0.409 e. The fourth-order valence-corrected chi connectivity index (χ4v) is 3.11. The molecule has 118 valence electrons. The second-order valence-electron chi connectivity index (χ2n) is 7.15. The molecule has 0 aromatic carbocycles. The summed E-state index contributed by atoms with van der Waals surface area (Å²) in [6.45, 7) is 9.88. The Bertz CT molecular complexity index is 315. The highest BCUT2D eigenvalue weighted by atomic mass is 16.4. The quantitative estimate of drug-likeness (QED) is 0.221. The lowest BCUT2D eigenvalue weighted by atomic mass is 9.78. The Hall–Kier alpha value is -0.770. The Balaban J connectivity index is 2.19. The second-order valence-corrected chi connectivity index (χ2v) is 7.15. The van der Waals surface area contributed by atoms with Gasteiger partial charge in [0.15, 0.2) is 0 Å². The number of nitrogens with one attached hydrogen (secondary N) is 1. The molecule has 4 nitrogen and oxygen atoms in total. The summed E-state index contributed by atoms with van der Waals surface area (Å²) in [4.78, 5) is 0. The van der Waals surface area contributed by atoms with Crippen LogP contribution in [0.3, 0.4) is 0 Å². The third-order valence-corrected chi connectivity index (χ3v) is 5.14. The highest BCUT2D eigenvalue weighted by Gasteiger charge is 2.26. The number of hydrogen-bond acceptors (Lipinski definition) is 3. The van der Waals surface area contributed by atoms with Gasteiger partial charge in [-0.15, -0.1) is 0 Å². The minimum absolute atomic E-state index is 0.207. The lowest BCUT2D eigenvalue weighted by molar-refractivity contribution is 0.206. The van der Waals surface area contributed by atoms with Crippen molar-refractivity contribution in [1.29, 1.82) is 0 Å². The molecule has 3 atom stereocenters. The number of nitrogens with two attached hydrogens (primary N) is 1. The van der Waals surface area contributed by atoms with Gasteiger partial charge in [0.1, 0.15) is 5.84 Å². The van der Waals surface area contributed by atoms with Crippen LogP contribution >= 0.6 is 0 Å². The Kier molecular flexibility index (Phi) is 6.80. The zero-order valence-electron chi connectivity index (χ0n) is 13.7. The molecule has 20 heavy (non-hydrogen) atoms. The topological polar surface area (TPSA) is 70.6 Å². The van der Waals surface area contributed by atoms with Crippen LogP contribution in [0.4, 0.5) is 0 Å². The van der Waals surface area contributed by atoms with Crippen LogP contribution in [-0.2, 0) is 0 Å². The van der Waals surface area contributed by atoms with Crippen LogP contribution in [0.5, 0.6) is 0 Å². The van der Waals surface area contributed by atoms with Gasteiger partial charge in [-0.1, -0.05) is 52.1 Å². The van der Waals surface area contributed by atoms with Crippen LogP contribution in [0.2, 0.25) is 0 Å². The van der Waals surface area contributed by atoms with Gasteiger partial charge in [0.2, 0.25) is 0 Å². The third kappa shape index (κ3) is 4.97. The maximum Gasteiger partial charge on any atom is 0.144 e. The van der Waals surface area contributed by atoms with Gasteiger partial charge < -0.3 is 16.3 Å². The lowest BCUT2D eigenvalue weighted by Gasteiger charge is -2.35. The first-order valence-electron chi connectivity index (χ1n) is 8.10. The van der Waals surface area contributed by atoms with Crippen molar-refractivity contribution >= 4 is 5.84 Å². The first-order chi connectivity index (χ1) is 9.38. The summed E-state index contributed by atoms with van der Waals surface area (Å²) >= 11 is 0. The molecule has 0 aromatic heterocycles. The van der Waals surface area contributed by atoms with E-state index in [-0.39, 0.29) is 5.41 Å². The van der Waals surface area contributed by atoms with Crippen LogP contribution in [-0.4, -0.2) is 23.6 Å². The van der Waals surface area contributed by atoms with E-state index in [0.717, 1.165) is 37.6 Å². The molecule has 1 rings (SSSR count). The molecule has 3 unspecified atom stereocenters. The molecule has 0 aliphatic heterocycles. The van der Waals surface area contributed by atoms with Crippen LogP contribution in [0.1, 0.15) is 66.2 Å². The van der Waals surface area contributed by atoms with Crippen molar-refractivity contribution in [2.75, 3.05) is 6.54 Å². The summed E-state index contributed by atoms with van der Waals surface area (Å²) in [5, 5.41) is 15.6. The summed E-state index contributed by atoms with van der Waals surface area (Å²) in [6.07, 6.45) is 7.28. The Morgan fingerprint density at radius 3 is 2.65 bits per heavy atom. The maximum absolute atomic E-state index is 8.75. The summed E-state index contributed by atoms with van der Waals surface area (Å²) in [5.41, 5.74) is 5.49. The normalized spacial score (nSPS) is 28.6. The fraction of sp³-hybridized carbons (Fsp3) is 0.938. The van der Waals surface area contributed by atoms with E-state index in [4.69, 9.17) is 10.9 Å². The summed E-state index contributed by atoms with van der Waals surface area (Å²) in [5.74, 6) is 1.97. The van der Waals surface area contributed by atoms with Crippen molar-refractivity contribution in [1.82, 2.24) is 5.32 Å². The standard InChI is InChI=1S/C16H33N3O/c1-12-8-7-9-14(13(12)2)18-11-6-5-10-16(3,4)15(17)19-20/h12-14,18,20H,5-11H2,1-4H3,(H2,17,19). The van der Waals surface area contributed by atoms with Gasteiger partial charge in [-0.3, -0.25) is 0 Å². The molecule has 0 heterocycles. The van der Waals surface area contributed by atoms with Crippen molar-refractivity contribution < 1.29 is 5.21 Å². The Labute approximate surface area is 124 Å². The van der Waals surface area contributed by atoms with Gasteiger partial charge in [-0.05, 0) is 37.6 Å². The van der Waals surface area contributed by atoms with E-state index < -0.39 is 0 Å². The van der Waals surface area contributed by atoms with E-state index in [2.05, 4.69) is 24.3 Å². The maximum atomic E-state index is 8.75. The Morgan fingerprint density at radius 1 is 1.30 bits per heavy atom. The zero-order chi connectivity index (χ0) is 15.2. The predicted molar refractivity (Wildman–Crippen MR) is 85.0 cm³/mol. The molecule has 1 aliphatic carbocycles. The SMILES string of the molecule is CC1CCCC(NCCCCC(C)(C)C(N)=NO)C1C. The van der Waals surface area contributed by atoms with Crippen LogP contribution in [0.15, 0.2) is 5.16 Å². The van der Waals surface area contributed by atoms with Gasteiger partial charge >= 0.3 is 0 Å². The molecule has 4 heteroatoms. The van der Waals surface area contributed by atoms with Crippen LogP contribution in [0, 0.1) is 17.3 Å². The fourth-order valence-electron chi connectivity index (χ4n) is 3.11. The highest BCUT2D eigenvalue weighted by molar-refractivity contribution is 5.85. The average Bonchev–Trinajstić information content (AvgIpc) is 2.41. The largest absolute Gasteiger partial charge is 0.409 e. The van der Waals surface area contributed by atoms with Crippen molar-refractivity contribution in [3.63, 3.8) is 0 Å². The number of oxime groups is 1. The zero-order valence-corrected chi connectivity index (χ0v) is 13.7. The molecule has 0 spiro atoms. The second kappa shape index (κ2) is 7.87.